The van der Waals surface area contributed by atoms with Crippen molar-refractivity contribution in [3.63, 3.8) is 0 Å². The first-order valence-electron chi connectivity index (χ1n) is 4.39. The summed E-state index contributed by atoms with van der Waals surface area (Å²) < 4.78 is 62.1. The van der Waals surface area contributed by atoms with Gasteiger partial charge in [0.2, 0.25) is 0 Å². The molecule has 0 aliphatic rings. The van der Waals surface area contributed by atoms with E-state index in [4.69, 9.17) is 11.6 Å². The fraction of sp³-hybridized carbons (Fsp3) is 0.333. The van der Waals surface area contributed by atoms with Gasteiger partial charge in [0.15, 0.2) is 5.82 Å². The molecular formula is C9H8ClF4NOS. The molecule has 0 radical (unpaired) electrons. The van der Waals surface area contributed by atoms with Crippen molar-refractivity contribution in [2.24, 2.45) is 0 Å². The van der Waals surface area contributed by atoms with Crippen LogP contribution in [0.1, 0.15) is 5.56 Å². The molecule has 96 valence electrons. The van der Waals surface area contributed by atoms with Crippen molar-refractivity contribution in [2.45, 2.75) is 18.0 Å². The number of hydrogen-bond donors (Lipinski definition) is 1. The zero-order valence-corrected chi connectivity index (χ0v) is 10.1. The lowest BCUT2D eigenvalue weighted by Gasteiger charge is -2.09. The molecule has 2 nitrogen and oxygen atoms in total. The number of nitrogens with one attached hydrogen (secondary N) is 1. The lowest BCUT2D eigenvalue weighted by molar-refractivity contribution is -0.121. The molecule has 1 aromatic carbocycles. The zero-order valence-electron chi connectivity index (χ0n) is 8.57. The molecule has 0 spiro atoms. The van der Waals surface area contributed by atoms with Crippen molar-refractivity contribution in [2.75, 3.05) is 6.54 Å². The highest BCUT2D eigenvalue weighted by Gasteiger charge is 2.28. The van der Waals surface area contributed by atoms with Crippen LogP contribution < -0.4 is 4.72 Å². The van der Waals surface area contributed by atoms with Crippen molar-refractivity contribution in [1.82, 2.24) is 4.72 Å². The molecule has 0 bridgehead atoms. The molecule has 1 unspecified atom stereocenters. The second kappa shape index (κ2) is 5.32. The summed E-state index contributed by atoms with van der Waals surface area (Å²) in [5, 5.41) is -0.246. The first-order chi connectivity index (χ1) is 7.72. The summed E-state index contributed by atoms with van der Waals surface area (Å²) in [6, 6.07) is 2.52. The van der Waals surface area contributed by atoms with Gasteiger partial charge in [-0.2, -0.15) is 13.2 Å². The topological polar surface area (TPSA) is 29.1 Å². The number of halogens is 5. The van der Waals surface area contributed by atoms with Gasteiger partial charge in [-0.1, -0.05) is 17.7 Å². The van der Waals surface area contributed by atoms with E-state index < -0.39 is 34.4 Å². The smallest absolute Gasteiger partial charge is 0.237 e. The Labute approximate surface area is 103 Å². The van der Waals surface area contributed by atoms with Crippen LogP contribution in [0.5, 0.6) is 0 Å². The Hall–Kier alpha value is -0.660. The molecule has 1 aromatic rings. The molecule has 0 fully saturated rings. The van der Waals surface area contributed by atoms with E-state index in [2.05, 4.69) is 0 Å². The van der Waals surface area contributed by atoms with Gasteiger partial charge in [-0.05, 0) is 18.6 Å². The largest absolute Gasteiger partial charge is 0.402 e. The van der Waals surface area contributed by atoms with Crippen molar-refractivity contribution in [3.8, 4) is 0 Å². The maximum Gasteiger partial charge on any atom is 0.402 e. The van der Waals surface area contributed by atoms with E-state index in [9.17, 15) is 21.8 Å². The van der Waals surface area contributed by atoms with E-state index in [1.807, 2.05) is 0 Å². The summed E-state index contributed by atoms with van der Waals surface area (Å²) in [7, 11) is -2.29. The predicted molar refractivity (Wildman–Crippen MR) is 56.6 cm³/mol. The summed E-state index contributed by atoms with van der Waals surface area (Å²) in [5.74, 6) is -0.973. The van der Waals surface area contributed by atoms with Gasteiger partial charge in [-0.3, -0.25) is 0 Å². The second-order valence-electron chi connectivity index (χ2n) is 3.21. The minimum atomic E-state index is -4.51. The van der Waals surface area contributed by atoms with Crippen molar-refractivity contribution in [3.05, 3.63) is 28.5 Å². The van der Waals surface area contributed by atoms with Crippen molar-refractivity contribution >= 4 is 22.6 Å². The van der Waals surface area contributed by atoms with E-state index >= 15 is 0 Å². The summed E-state index contributed by atoms with van der Waals surface area (Å²) >= 11 is 5.56. The number of alkyl halides is 3. The summed E-state index contributed by atoms with van der Waals surface area (Å²) in [5.41, 5.74) is 0.417. The quantitative estimate of drug-likeness (QED) is 0.852. The Bertz CT molecular complexity index is 449. The van der Waals surface area contributed by atoms with Crippen LogP contribution in [-0.2, 0) is 11.0 Å². The fourth-order valence-corrected chi connectivity index (χ4v) is 2.12. The van der Waals surface area contributed by atoms with E-state index in [1.165, 1.54) is 13.0 Å². The molecule has 17 heavy (non-hydrogen) atoms. The Morgan fingerprint density at radius 3 is 2.53 bits per heavy atom. The Morgan fingerprint density at radius 1 is 1.41 bits per heavy atom. The number of hydrogen-bond acceptors (Lipinski definition) is 1. The van der Waals surface area contributed by atoms with E-state index in [-0.39, 0.29) is 5.02 Å². The maximum atomic E-state index is 13.5. The van der Waals surface area contributed by atoms with Crippen LogP contribution in [0.15, 0.2) is 17.0 Å². The first-order valence-corrected chi connectivity index (χ1v) is 5.92. The number of aryl methyl sites for hydroxylation is 1. The number of rotatable bonds is 3. The third-order valence-corrected chi connectivity index (χ3v) is 3.43. The van der Waals surface area contributed by atoms with Crippen LogP contribution in [0.25, 0.3) is 0 Å². The highest BCUT2D eigenvalue weighted by molar-refractivity contribution is 7.83. The minimum absolute atomic E-state index is 0.246. The molecule has 8 heteroatoms. The third kappa shape index (κ3) is 3.93. The summed E-state index contributed by atoms with van der Waals surface area (Å²) in [4.78, 5) is -0.398. The predicted octanol–water partition coefficient (Wildman–Crippen LogP) is 2.96. The highest BCUT2D eigenvalue weighted by Crippen LogP contribution is 2.24. The van der Waals surface area contributed by atoms with Gasteiger partial charge in [0.05, 0.1) is 9.92 Å². The molecule has 0 saturated heterocycles. The van der Waals surface area contributed by atoms with E-state index in [0.29, 0.717) is 5.56 Å². The van der Waals surface area contributed by atoms with Crippen molar-refractivity contribution in [1.29, 1.82) is 0 Å². The molecule has 1 atom stereocenters. The molecule has 0 saturated carbocycles. The monoisotopic (exact) mass is 289 g/mol. The minimum Gasteiger partial charge on any atom is -0.237 e. The lowest BCUT2D eigenvalue weighted by atomic mass is 10.2. The highest BCUT2D eigenvalue weighted by atomic mass is 35.5. The van der Waals surface area contributed by atoms with Crippen LogP contribution in [0.2, 0.25) is 5.02 Å². The van der Waals surface area contributed by atoms with Crippen LogP contribution in [0, 0.1) is 12.7 Å². The van der Waals surface area contributed by atoms with Gasteiger partial charge >= 0.3 is 6.18 Å². The van der Waals surface area contributed by atoms with Gasteiger partial charge in [0.1, 0.15) is 17.5 Å². The average molecular weight is 290 g/mol. The molecule has 1 N–H and O–H groups in total. The second-order valence-corrected chi connectivity index (χ2v) is 4.86. The lowest BCUT2D eigenvalue weighted by Crippen LogP contribution is -2.30. The van der Waals surface area contributed by atoms with E-state index in [0.717, 1.165) is 6.07 Å². The van der Waals surface area contributed by atoms with Crippen LogP contribution in [0.3, 0.4) is 0 Å². The number of benzene rings is 1. The zero-order chi connectivity index (χ0) is 13.2. The molecule has 0 amide bonds. The van der Waals surface area contributed by atoms with Gasteiger partial charge in [0, 0.05) is 0 Å². The summed E-state index contributed by atoms with van der Waals surface area (Å²) in [6.45, 7) is 0.0613. The van der Waals surface area contributed by atoms with Crippen LogP contribution in [0.4, 0.5) is 17.6 Å². The van der Waals surface area contributed by atoms with Gasteiger partial charge < -0.3 is 0 Å². The Balaban J connectivity index is 2.87. The van der Waals surface area contributed by atoms with Crippen molar-refractivity contribution < 1.29 is 21.8 Å². The standard InChI is InChI=1S/C9H8ClF4NOS/c1-5-2-3-6(8(11)7(5)10)17(16)15-4-9(12,13)14/h2-3,15H,4H2,1H3. The normalized spacial score (nSPS) is 13.8. The Morgan fingerprint density at radius 2 is 2.00 bits per heavy atom. The molecular weight excluding hydrogens is 282 g/mol. The Kier molecular flexibility index (Phi) is 4.51. The van der Waals surface area contributed by atoms with Gasteiger partial charge in [0.25, 0.3) is 0 Å². The molecule has 0 heterocycles. The maximum absolute atomic E-state index is 13.5. The summed E-state index contributed by atoms with van der Waals surface area (Å²) in [6.07, 6.45) is -4.51. The SMILES string of the molecule is Cc1ccc(S(=O)NCC(F)(F)F)c(F)c1Cl. The fourth-order valence-electron chi connectivity index (χ4n) is 0.997. The van der Waals surface area contributed by atoms with Crippen LogP contribution >= 0.6 is 11.6 Å². The molecule has 0 aromatic heterocycles. The average Bonchev–Trinajstić information content (AvgIpc) is 2.22. The molecule has 1 rings (SSSR count). The molecule has 0 aliphatic heterocycles. The van der Waals surface area contributed by atoms with E-state index in [1.54, 1.807) is 4.72 Å². The third-order valence-electron chi connectivity index (χ3n) is 1.84. The van der Waals surface area contributed by atoms with Gasteiger partial charge in [-0.15, -0.1) is 0 Å². The molecule has 0 aliphatic carbocycles. The van der Waals surface area contributed by atoms with Gasteiger partial charge in [-0.25, -0.2) is 13.3 Å². The first kappa shape index (κ1) is 14.4. The van der Waals surface area contributed by atoms with Crippen LogP contribution in [-0.4, -0.2) is 16.9 Å².